The first-order valence-corrected chi connectivity index (χ1v) is 7.72. The van der Waals surface area contributed by atoms with E-state index in [1.165, 1.54) is 28.6 Å². The number of benzene rings is 1. The van der Waals surface area contributed by atoms with Crippen LogP contribution in [0, 0.1) is 5.92 Å². The fourth-order valence-electron chi connectivity index (χ4n) is 2.59. The molecule has 1 N–H and O–H groups in total. The lowest BCUT2D eigenvalue weighted by Crippen LogP contribution is -2.29. The van der Waals surface area contributed by atoms with Crippen LogP contribution >= 0.6 is 15.9 Å². The second-order valence-corrected chi connectivity index (χ2v) is 6.11. The lowest BCUT2D eigenvalue weighted by Gasteiger charge is -2.29. The standard InChI is InChI=1S/C15H23BrN2O/c1-17-10-13-3-4-15(14(16)9-13)18(2)11-12-5-7-19-8-6-12/h3-4,9,12,17H,5-8,10-11H2,1-2H3. The van der Waals surface area contributed by atoms with Gasteiger partial charge in [-0.2, -0.15) is 0 Å². The van der Waals surface area contributed by atoms with Gasteiger partial charge in [0.05, 0.1) is 5.69 Å². The van der Waals surface area contributed by atoms with Crippen LogP contribution in [0.15, 0.2) is 22.7 Å². The van der Waals surface area contributed by atoms with Crippen LogP contribution in [0.5, 0.6) is 0 Å². The molecule has 2 rings (SSSR count). The van der Waals surface area contributed by atoms with Gasteiger partial charge in [0.2, 0.25) is 0 Å². The number of hydrogen-bond acceptors (Lipinski definition) is 3. The van der Waals surface area contributed by atoms with Crippen molar-refractivity contribution in [3.8, 4) is 0 Å². The van der Waals surface area contributed by atoms with E-state index in [0.29, 0.717) is 0 Å². The van der Waals surface area contributed by atoms with Gasteiger partial charge in [0.25, 0.3) is 0 Å². The molecule has 1 saturated heterocycles. The first-order valence-electron chi connectivity index (χ1n) is 6.92. The summed E-state index contributed by atoms with van der Waals surface area (Å²) in [7, 11) is 4.15. The molecule has 0 bridgehead atoms. The predicted molar refractivity (Wildman–Crippen MR) is 83.7 cm³/mol. The molecule has 1 heterocycles. The topological polar surface area (TPSA) is 24.5 Å². The van der Waals surface area contributed by atoms with Crippen molar-refractivity contribution in [2.24, 2.45) is 5.92 Å². The van der Waals surface area contributed by atoms with Crippen LogP contribution in [-0.2, 0) is 11.3 Å². The van der Waals surface area contributed by atoms with Gasteiger partial charge in [0.15, 0.2) is 0 Å². The average molecular weight is 327 g/mol. The van der Waals surface area contributed by atoms with Gasteiger partial charge < -0.3 is 15.0 Å². The van der Waals surface area contributed by atoms with E-state index >= 15 is 0 Å². The molecule has 0 unspecified atom stereocenters. The molecule has 1 aliphatic rings. The van der Waals surface area contributed by atoms with Crippen LogP contribution in [-0.4, -0.2) is 33.9 Å². The second-order valence-electron chi connectivity index (χ2n) is 5.25. The molecule has 0 amide bonds. The third-order valence-electron chi connectivity index (χ3n) is 3.68. The van der Waals surface area contributed by atoms with E-state index in [0.717, 1.165) is 32.2 Å². The number of nitrogens with one attached hydrogen (secondary N) is 1. The van der Waals surface area contributed by atoms with Gasteiger partial charge in [-0.15, -0.1) is 0 Å². The summed E-state index contributed by atoms with van der Waals surface area (Å²) in [4.78, 5) is 2.35. The van der Waals surface area contributed by atoms with E-state index in [-0.39, 0.29) is 0 Å². The Kier molecular flexibility index (Phi) is 5.67. The maximum Gasteiger partial charge on any atom is 0.0508 e. The summed E-state index contributed by atoms with van der Waals surface area (Å²) in [6.45, 7) is 3.84. The quantitative estimate of drug-likeness (QED) is 0.900. The van der Waals surface area contributed by atoms with Gasteiger partial charge in [-0.1, -0.05) is 6.07 Å². The summed E-state index contributed by atoms with van der Waals surface area (Å²) in [5.41, 5.74) is 2.57. The Morgan fingerprint density at radius 1 is 1.37 bits per heavy atom. The van der Waals surface area contributed by atoms with Crippen molar-refractivity contribution < 1.29 is 4.74 Å². The van der Waals surface area contributed by atoms with Gasteiger partial charge >= 0.3 is 0 Å². The molecular formula is C15H23BrN2O. The van der Waals surface area contributed by atoms with Gasteiger partial charge in [-0.25, -0.2) is 0 Å². The Bertz CT molecular complexity index is 405. The van der Waals surface area contributed by atoms with Gasteiger partial charge in [-0.05, 0) is 59.4 Å². The van der Waals surface area contributed by atoms with E-state index < -0.39 is 0 Å². The predicted octanol–water partition coefficient (Wildman–Crippen LogP) is 3.03. The molecule has 106 valence electrons. The van der Waals surface area contributed by atoms with Crippen LogP contribution in [0.25, 0.3) is 0 Å². The molecule has 1 aromatic carbocycles. The zero-order valence-electron chi connectivity index (χ0n) is 11.8. The average Bonchev–Trinajstić information content (AvgIpc) is 2.40. The summed E-state index contributed by atoms with van der Waals surface area (Å²) >= 11 is 3.69. The van der Waals surface area contributed by atoms with Crippen molar-refractivity contribution in [1.29, 1.82) is 0 Å². The lowest BCUT2D eigenvalue weighted by molar-refractivity contribution is 0.0685. The molecule has 4 heteroatoms. The largest absolute Gasteiger partial charge is 0.381 e. The number of nitrogens with zero attached hydrogens (tertiary/aromatic N) is 1. The minimum Gasteiger partial charge on any atom is -0.381 e. The summed E-state index contributed by atoms with van der Waals surface area (Å²) in [5, 5.41) is 3.18. The fourth-order valence-corrected chi connectivity index (χ4v) is 3.32. The van der Waals surface area contributed by atoms with Crippen molar-refractivity contribution in [3.63, 3.8) is 0 Å². The van der Waals surface area contributed by atoms with Crippen LogP contribution in [0.3, 0.4) is 0 Å². The van der Waals surface area contributed by atoms with Gasteiger partial charge in [-0.3, -0.25) is 0 Å². The van der Waals surface area contributed by atoms with Crippen molar-refractivity contribution in [2.75, 3.05) is 38.8 Å². The SMILES string of the molecule is CNCc1ccc(N(C)CC2CCOCC2)c(Br)c1. The first kappa shape index (κ1) is 14.8. The zero-order valence-corrected chi connectivity index (χ0v) is 13.4. The number of halogens is 1. The van der Waals surface area contributed by atoms with E-state index in [2.05, 4.69) is 51.4 Å². The summed E-state index contributed by atoms with van der Waals surface area (Å²) in [6, 6.07) is 6.60. The molecule has 0 aliphatic carbocycles. The van der Waals surface area contributed by atoms with Gasteiger partial charge in [0.1, 0.15) is 0 Å². The van der Waals surface area contributed by atoms with Crippen molar-refractivity contribution in [1.82, 2.24) is 5.32 Å². The van der Waals surface area contributed by atoms with Crippen LogP contribution in [0.4, 0.5) is 5.69 Å². The molecule has 0 aromatic heterocycles. The van der Waals surface area contributed by atoms with E-state index in [9.17, 15) is 0 Å². The summed E-state index contributed by atoms with van der Waals surface area (Å²) < 4.78 is 6.59. The van der Waals surface area contributed by atoms with E-state index in [1.54, 1.807) is 0 Å². The minimum absolute atomic E-state index is 0.752. The van der Waals surface area contributed by atoms with Crippen LogP contribution in [0.2, 0.25) is 0 Å². The third kappa shape index (κ3) is 4.20. The van der Waals surface area contributed by atoms with E-state index in [1.807, 2.05) is 7.05 Å². The highest BCUT2D eigenvalue weighted by Crippen LogP contribution is 2.28. The Balaban J connectivity index is 1.99. The maximum atomic E-state index is 5.42. The highest BCUT2D eigenvalue weighted by molar-refractivity contribution is 9.10. The second kappa shape index (κ2) is 7.27. The smallest absolute Gasteiger partial charge is 0.0508 e. The summed E-state index contributed by atoms with van der Waals surface area (Å²) in [6.07, 6.45) is 2.36. The normalized spacial score (nSPS) is 16.6. The molecule has 0 radical (unpaired) electrons. The van der Waals surface area contributed by atoms with Gasteiger partial charge in [0, 0.05) is 37.8 Å². The van der Waals surface area contributed by atoms with Crippen molar-refractivity contribution in [3.05, 3.63) is 28.2 Å². The highest BCUT2D eigenvalue weighted by Gasteiger charge is 2.17. The van der Waals surface area contributed by atoms with Crippen molar-refractivity contribution >= 4 is 21.6 Å². The first-order chi connectivity index (χ1) is 9.20. The third-order valence-corrected chi connectivity index (χ3v) is 4.31. The summed E-state index contributed by atoms with van der Waals surface area (Å²) in [5.74, 6) is 0.752. The molecule has 0 saturated carbocycles. The fraction of sp³-hybridized carbons (Fsp3) is 0.600. The number of anilines is 1. The minimum atomic E-state index is 0.752. The Labute approximate surface area is 124 Å². The lowest BCUT2D eigenvalue weighted by atomic mass is 9.99. The molecular weight excluding hydrogens is 304 g/mol. The monoisotopic (exact) mass is 326 g/mol. The maximum absolute atomic E-state index is 5.42. The Morgan fingerprint density at radius 3 is 2.74 bits per heavy atom. The number of hydrogen-bond donors (Lipinski definition) is 1. The molecule has 0 atom stereocenters. The number of ether oxygens (including phenoxy) is 1. The molecule has 1 fully saturated rings. The zero-order chi connectivity index (χ0) is 13.7. The van der Waals surface area contributed by atoms with Crippen LogP contribution < -0.4 is 10.2 Å². The molecule has 19 heavy (non-hydrogen) atoms. The molecule has 3 nitrogen and oxygen atoms in total. The van der Waals surface area contributed by atoms with Crippen molar-refractivity contribution in [2.45, 2.75) is 19.4 Å². The molecule has 1 aliphatic heterocycles. The molecule has 0 spiro atoms. The molecule has 1 aromatic rings. The number of rotatable bonds is 5. The Hall–Kier alpha value is -0.580. The van der Waals surface area contributed by atoms with E-state index in [4.69, 9.17) is 4.74 Å². The highest BCUT2D eigenvalue weighted by atomic mass is 79.9. The Morgan fingerprint density at radius 2 is 2.11 bits per heavy atom. The van der Waals surface area contributed by atoms with Crippen LogP contribution in [0.1, 0.15) is 18.4 Å².